The molecule has 3 atom stereocenters. The zero-order chi connectivity index (χ0) is 51.7. The molecule has 1 aliphatic rings. The van der Waals surface area contributed by atoms with Gasteiger partial charge in [-0.15, -0.1) is 16.9 Å². The van der Waals surface area contributed by atoms with E-state index in [1.807, 2.05) is 0 Å². The summed E-state index contributed by atoms with van der Waals surface area (Å²) in [5, 5.41) is 18.3. The van der Waals surface area contributed by atoms with Crippen LogP contribution in [-0.2, 0) is 57.2 Å². The van der Waals surface area contributed by atoms with Crippen molar-refractivity contribution >= 4 is 63.4 Å². The van der Waals surface area contributed by atoms with Gasteiger partial charge in [-0.2, -0.15) is 40.2 Å². The SMILES string of the molecule is CSC(C)(C)C#Cc1ccc(-c2ccc(Cl)c3c(N(C(=O)OCCOCCO)[S+](C)[O-])nn(CC(F)(F)F)c23)c(C(Cc2cc(F)cc(F)c2)NC(=O)Cn2nc(C(F)(F)F)c3c2C(F)(F)C[C@@H]3C)n1. The third kappa shape index (κ3) is 12.4. The van der Waals surface area contributed by atoms with E-state index in [0.717, 1.165) is 25.3 Å². The van der Waals surface area contributed by atoms with Crippen LogP contribution in [0.2, 0.25) is 5.02 Å². The normalized spacial score (nSPS) is 15.6. The summed E-state index contributed by atoms with van der Waals surface area (Å²) < 4.78 is 170. The molecule has 5 aromatic rings. The summed E-state index contributed by atoms with van der Waals surface area (Å²) in [5.74, 6) is -3.34. The number of aromatic nitrogens is 5. The molecule has 70 heavy (non-hydrogen) atoms. The third-order valence-corrected chi connectivity index (χ3v) is 12.9. The lowest BCUT2D eigenvalue weighted by Crippen LogP contribution is -2.38. The maximum atomic E-state index is 15.4. The molecule has 0 saturated heterocycles. The van der Waals surface area contributed by atoms with Gasteiger partial charge < -0.3 is 24.4 Å². The van der Waals surface area contributed by atoms with E-state index in [0.29, 0.717) is 15.1 Å². The molecule has 378 valence electrons. The second-order valence-electron chi connectivity index (χ2n) is 16.4. The number of hydrogen-bond donors (Lipinski definition) is 2. The minimum atomic E-state index is -5.20. The van der Waals surface area contributed by atoms with Gasteiger partial charge in [0.05, 0.1) is 63.6 Å². The standard InChI is InChI=1S/C44H42ClF10N7O6S2/c1-23-20-42(48,49)38-33(23)37(44(53,54)55)58-60(38)21-32(64)57-31(18-24-16-25(46)19-26(47)17-24)35-28(7-6-27(56-35)10-11-41(2,3)69-4)29-8-9-30(45)34-36(29)61(22-43(50,51)52)59-39(34)62(70(5)66)40(65)68-15-14-67-13-12-63/h6-9,16-17,19,23,31,63H,12-15,18,20-22H2,1-5H3,(H,57,64)/t23-,31?,70?/m0/s1. The Labute approximate surface area is 405 Å². The topological polar surface area (TPSA) is 160 Å². The molecule has 1 aliphatic carbocycles. The quantitative estimate of drug-likeness (QED) is 0.0422. The number of thioether (sulfide) groups is 1. The fraction of sp³-hybridized carbons (Fsp3) is 0.432. The largest absolute Gasteiger partial charge is 0.593 e. The Hall–Kier alpha value is -5.26. The number of hydrogen-bond acceptors (Lipinski definition) is 10. The molecule has 0 aliphatic heterocycles. The summed E-state index contributed by atoms with van der Waals surface area (Å²) in [4.78, 5) is 32.3. The number of nitrogens with one attached hydrogen (secondary N) is 1. The molecule has 2 amide bonds. The lowest BCUT2D eigenvalue weighted by molar-refractivity contribution is -0.143. The average Bonchev–Trinajstić information content (AvgIpc) is 3.89. The number of aliphatic hydroxyl groups excluding tert-OH is 1. The molecular formula is C44H42ClF10N7O6S2. The average molecular weight is 1050 g/mol. The minimum Gasteiger partial charge on any atom is -0.593 e. The third-order valence-electron chi connectivity index (χ3n) is 10.7. The Morgan fingerprint density at radius 3 is 2.33 bits per heavy atom. The van der Waals surface area contributed by atoms with Crippen molar-refractivity contribution in [3.63, 3.8) is 0 Å². The van der Waals surface area contributed by atoms with Crippen molar-refractivity contribution in [2.75, 3.05) is 43.2 Å². The van der Waals surface area contributed by atoms with E-state index in [1.54, 1.807) is 20.1 Å². The maximum Gasteiger partial charge on any atom is 0.458 e. The number of anilines is 1. The molecule has 3 aromatic heterocycles. The van der Waals surface area contributed by atoms with Gasteiger partial charge in [0, 0.05) is 29.2 Å². The molecule has 2 N–H and O–H groups in total. The van der Waals surface area contributed by atoms with E-state index in [9.17, 15) is 49.3 Å². The molecule has 3 heterocycles. The van der Waals surface area contributed by atoms with Crippen LogP contribution in [0.15, 0.2) is 42.5 Å². The van der Waals surface area contributed by atoms with Crippen molar-refractivity contribution in [3.8, 4) is 23.0 Å². The summed E-state index contributed by atoms with van der Waals surface area (Å²) in [6.07, 6.45) is -10.4. The van der Waals surface area contributed by atoms with Crippen LogP contribution in [0.1, 0.15) is 73.1 Å². The summed E-state index contributed by atoms with van der Waals surface area (Å²) >= 11 is 5.64. The predicted molar refractivity (Wildman–Crippen MR) is 239 cm³/mol. The number of carbonyl (C=O) groups excluding carboxylic acids is 2. The highest BCUT2D eigenvalue weighted by atomic mass is 35.5. The Bertz CT molecular complexity index is 2810. The second kappa shape index (κ2) is 21.2. The number of carbonyl (C=O) groups is 2. The van der Waals surface area contributed by atoms with Gasteiger partial charge in [0.25, 0.3) is 5.92 Å². The van der Waals surface area contributed by atoms with Crippen LogP contribution in [-0.4, -0.2) is 96.1 Å². The minimum absolute atomic E-state index is 0.0214. The van der Waals surface area contributed by atoms with Crippen LogP contribution in [0.5, 0.6) is 0 Å². The molecular weight excluding hydrogens is 1010 g/mol. The first-order chi connectivity index (χ1) is 32.6. The number of halogens is 11. The van der Waals surface area contributed by atoms with Gasteiger partial charge in [-0.3, -0.25) is 14.2 Å². The van der Waals surface area contributed by atoms with Crippen molar-refractivity contribution in [1.29, 1.82) is 0 Å². The van der Waals surface area contributed by atoms with Crippen molar-refractivity contribution in [2.45, 2.75) is 81.7 Å². The second-order valence-corrected chi connectivity index (χ2v) is 19.4. The van der Waals surface area contributed by atoms with Gasteiger partial charge >= 0.3 is 18.4 Å². The van der Waals surface area contributed by atoms with Crippen LogP contribution >= 0.6 is 23.4 Å². The van der Waals surface area contributed by atoms with E-state index in [4.69, 9.17) is 26.2 Å². The van der Waals surface area contributed by atoms with Crippen LogP contribution < -0.4 is 9.62 Å². The number of pyridine rings is 1. The molecule has 2 aromatic carbocycles. The molecule has 13 nitrogen and oxygen atoms in total. The fourth-order valence-corrected chi connectivity index (χ4v) is 8.75. The Kier molecular flexibility index (Phi) is 16.4. The Morgan fingerprint density at radius 2 is 1.71 bits per heavy atom. The first-order valence-corrected chi connectivity index (χ1v) is 23.9. The molecule has 26 heteroatoms. The van der Waals surface area contributed by atoms with Crippen LogP contribution in [0.3, 0.4) is 0 Å². The Morgan fingerprint density at radius 1 is 1.04 bits per heavy atom. The van der Waals surface area contributed by atoms with Crippen molar-refractivity contribution in [2.24, 2.45) is 0 Å². The zero-order valence-electron chi connectivity index (χ0n) is 37.5. The summed E-state index contributed by atoms with van der Waals surface area (Å²) in [6, 6.07) is 5.76. The van der Waals surface area contributed by atoms with E-state index >= 15 is 8.78 Å². The Balaban J connectivity index is 1.59. The summed E-state index contributed by atoms with van der Waals surface area (Å²) in [7, 11) is 0. The number of rotatable bonds is 16. The smallest absolute Gasteiger partial charge is 0.458 e. The van der Waals surface area contributed by atoms with Gasteiger partial charge in [0.2, 0.25) is 11.7 Å². The molecule has 6 rings (SSSR count). The molecule has 2 unspecified atom stereocenters. The predicted octanol–water partition coefficient (Wildman–Crippen LogP) is 9.25. The molecule has 0 saturated carbocycles. The van der Waals surface area contributed by atoms with Crippen LogP contribution in [0.25, 0.3) is 22.0 Å². The van der Waals surface area contributed by atoms with E-state index in [1.165, 1.54) is 36.0 Å². The van der Waals surface area contributed by atoms with Gasteiger partial charge in [0.1, 0.15) is 49.0 Å². The van der Waals surface area contributed by atoms with Crippen LogP contribution in [0.4, 0.5) is 54.5 Å². The highest BCUT2D eigenvalue weighted by Gasteiger charge is 2.53. The van der Waals surface area contributed by atoms with E-state index < -0.39 is 131 Å². The van der Waals surface area contributed by atoms with Gasteiger partial charge in [-0.1, -0.05) is 34.8 Å². The number of alkyl halides is 8. The van der Waals surface area contributed by atoms with Gasteiger partial charge in [-0.05, 0) is 74.3 Å². The van der Waals surface area contributed by atoms with E-state index in [2.05, 4.69) is 32.3 Å². The lowest BCUT2D eigenvalue weighted by Gasteiger charge is -2.23. The summed E-state index contributed by atoms with van der Waals surface area (Å²) in [6.45, 7) is 0.442. The highest BCUT2D eigenvalue weighted by molar-refractivity contribution is 8.00. The van der Waals surface area contributed by atoms with Crippen molar-refractivity contribution in [3.05, 3.63) is 93.0 Å². The molecule has 0 spiro atoms. The first kappa shape index (κ1) is 54.1. The van der Waals surface area contributed by atoms with E-state index in [-0.39, 0.29) is 63.0 Å². The fourth-order valence-electron chi connectivity index (χ4n) is 7.73. The highest BCUT2D eigenvalue weighted by Crippen LogP contribution is 2.52. The van der Waals surface area contributed by atoms with Crippen LogP contribution in [0, 0.1) is 23.5 Å². The molecule has 0 bridgehead atoms. The zero-order valence-corrected chi connectivity index (χ0v) is 39.9. The number of benzene rings is 2. The molecule has 0 fully saturated rings. The van der Waals surface area contributed by atoms with Crippen molar-refractivity contribution < 1.29 is 72.6 Å². The number of aliphatic hydroxyl groups is 1. The molecule has 0 radical (unpaired) electrons. The maximum absolute atomic E-state index is 15.4. The number of ether oxygens (including phenoxy) is 2. The monoisotopic (exact) mass is 1050 g/mol. The van der Waals surface area contributed by atoms with Crippen molar-refractivity contribution in [1.82, 2.24) is 29.9 Å². The number of nitrogens with zero attached hydrogens (tertiary/aromatic N) is 6. The number of fused-ring (bicyclic) bond motifs is 2. The van der Waals surface area contributed by atoms with Gasteiger partial charge in [-0.25, -0.2) is 18.6 Å². The summed E-state index contributed by atoms with van der Waals surface area (Å²) in [5.41, 5.74) is -4.80. The lowest BCUT2D eigenvalue weighted by atomic mass is 9.93. The first-order valence-electron chi connectivity index (χ1n) is 20.8. The van der Waals surface area contributed by atoms with Gasteiger partial charge in [0.15, 0.2) is 5.69 Å². The number of amides is 2.